The van der Waals surface area contributed by atoms with Gasteiger partial charge in [-0.1, -0.05) is 6.42 Å². The van der Waals surface area contributed by atoms with Gasteiger partial charge in [-0.05, 0) is 39.7 Å². The summed E-state index contributed by atoms with van der Waals surface area (Å²) in [6.07, 6.45) is 4.41. The van der Waals surface area contributed by atoms with Gasteiger partial charge < -0.3 is 10.6 Å². The van der Waals surface area contributed by atoms with E-state index < -0.39 is 9.84 Å². The highest BCUT2D eigenvalue weighted by Gasteiger charge is 2.25. The fourth-order valence-electron chi connectivity index (χ4n) is 1.69. The highest BCUT2D eigenvalue weighted by molar-refractivity contribution is 7.92. The molecule has 1 atom stereocenters. The molecule has 1 unspecified atom stereocenters. The molecule has 2 N–H and O–H groups in total. The molecule has 1 saturated carbocycles. The van der Waals surface area contributed by atoms with Crippen LogP contribution in [-0.4, -0.2) is 45.0 Å². The molecule has 1 amide bonds. The molecular weight excluding hydrogens is 252 g/mol. The summed E-state index contributed by atoms with van der Waals surface area (Å²) in [6, 6.07) is 0.634. The lowest BCUT2D eigenvalue weighted by Crippen LogP contribution is -2.32. The second kappa shape index (κ2) is 7.09. The second-order valence-corrected chi connectivity index (χ2v) is 7.30. The van der Waals surface area contributed by atoms with Crippen molar-refractivity contribution in [2.75, 3.05) is 18.6 Å². The van der Waals surface area contributed by atoms with Gasteiger partial charge in [-0.2, -0.15) is 0 Å². The SMILES string of the molecule is CNC(C)CCCCS(=O)(=O)CC(=O)NC1CC1. The van der Waals surface area contributed by atoms with Crippen molar-refractivity contribution in [3.63, 3.8) is 0 Å². The summed E-state index contributed by atoms with van der Waals surface area (Å²) in [5.41, 5.74) is 0. The van der Waals surface area contributed by atoms with Crippen molar-refractivity contribution in [3.05, 3.63) is 0 Å². The van der Waals surface area contributed by atoms with E-state index in [9.17, 15) is 13.2 Å². The third kappa shape index (κ3) is 6.96. The molecule has 0 aromatic heterocycles. The summed E-state index contributed by atoms with van der Waals surface area (Å²) in [5.74, 6) is -0.590. The van der Waals surface area contributed by atoms with Crippen LogP contribution in [0.25, 0.3) is 0 Å². The standard InChI is InChI=1S/C12H24N2O3S/c1-10(13-2)5-3-4-8-18(16,17)9-12(15)14-11-6-7-11/h10-11,13H,3-9H2,1-2H3,(H,14,15). The molecule has 0 heterocycles. The quantitative estimate of drug-likeness (QED) is 0.600. The Balaban J connectivity index is 2.16. The number of nitrogens with one attached hydrogen (secondary N) is 2. The minimum Gasteiger partial charge on any atom is -0.352 e. The van der Waals surface area contributed by atoms with E-state index >= 15 is 0 Å². The van der Waals surface area contributed by atoms with E-state index in [0.717, 1.165) is 25.7 Å². The van der Waals surface area contributed by atoms with Crippen LogP contribution in [0.4, 0.5) is 0 Å². The lowest BCUT2D eigenvalue weighted by atomic mass is 10.1. The largest absolute Gasteiger partial charge is 0.352 e. The Labute approximate surface area is 110 Å². The molecule has 0 aromatic carbocycles. The first-order valence-corrected chi connectivity index (χ1v) is 8.42. The average molecular weight is 276 g/mol. The molecule has 18 heavy (non-hydrogen) atoms. The molecule has 1 aliphatic carbocycles. The van der Waals surface area contributed by atoms with Crippen molar-refractivity contribution in [3.8, 4) is 0 Å². The first-order valence-electron chi connectivity index (χ1n) is 6.60. The minimum absolute atomic E-state index is 0.113. The number of amides is 1. The van der Waals surface area contributed by atoms with Gasteiger partial charge in [0.15, 0.2) is 9.84 Å². The van der Waals surface area contributed by atoms with Gasteiger partial charge in [-0.15, -0.1) is 0 Å². The molecule has 0 spiro atoms. The van der Waals surface area contributed by atoms with Gasteiger partial charge in [-0.25, -0.2) is 8.42 Å². The van der Waals surface area contributed by atoms with Crippen LogP contribution in [0.5, 0.6) is 0 Å². The maximum atomic E-state index is 11.7. The zero-order chi connectivity index (χ0) is 13.6. The molecular formula is C12H24N2O3S. The summed E-state index contributed by atoms with van der Waals surface area (Å²) >= 11 is 0. The van der Waals surface area contributed by atoms with Crippen molar-refractivity contribution in [2.45, 2.75) is 51.1 Å². The number of hydrogen-bond acceptors (Lipinski definition) is 4. The predicted molar refractivity (Wildman–Crippen MR) is 72.2 cm³/mol. The topological polar surface area (TPSA) is 75.3 Å². The van der Waals surface area contributed by atoms with E-state index in [0.29, 0.717) is 12.5 Å². The van der Waals surface area contributed by atoms with Crippen molar-refractivity contribution < 1.29 is 13.2 Å². The number of hydrogen-bond donors (Lipinski definition) is 2. The van der Waals surface area contributed by atoms with Crippen LogP contribution >= 0.6 is 0 Å². The Hall–Kier alpha value is -0.620. The molecule has 6 heteroatoms. The monoisotopic (exact) mass is 276 g/mol. The smallest absolute Gasteiger partial charge is 0.235 e. The van der Waals surface area contributed by atoms with Crippen LogP contribution in [0.1, 0.15) is 39.0 Å². The van der Waals surface area contributed by atoms with Crippen LogP contribution < -0.4 is 10.6 Å². The summed E-state index contributed by atoms with van der Waals surface area (Å²) in [7, 11) is -1.34. The molecule has 0 radical (unpaired) electrons. The van der Waals surface area contributed by atoms with Crippen LogP contribution in [0.2, 0.25) is 0 Å². The maximum Gasteiger partial charge on any atom is 0.235 e. The van der Waals surface area contributed by atoms with Gasteiger partial charge >= 0.3 is 0 Å². The molecule has 106 valence electrons. The number of sulfone groups is 1. The van der Waals surface area contributed by atoms with Crippen molar-refractivity contribution >= 4 is 15.7 Å². The third-order valence-corrected chi connectivity index (χ3v) is 4.74. The van der Waals surface area contributed by atoms with Gasteiger partial charge in [0.25, 0.3) is 0 Å². The van der Waals surface area contributed by atoms with Crippen molar-refractivity contribution in [1.82, 2.24) is 10.6 Å². The number of carbonyl (C=O) groups excluding carboxylic acids is 1. The molecule has 1 fully saturated rings. The zero-order valence-electron chi connectivity index (χ0n) is 11.2. The predicted octanol–water partition coefficient (Wildman–Crippen LogP) is 0.458. The highest BCUT2D eigenvalue weighted by Crippen LogP contribution is 2.18. The normalized spacial score (nSPS) is 17.4. The van der Waals surface area contributed by atoms with Gasteiger partial charge in [0.2, 0.25) is 5.91 Å². The van der Waals surface area contributed by atoms with Crippen LogP contribution in [0.15, 0.2) is 0 Å². The van der Waals surface area contributed by atoms with Gasteiger partial charge in [0.05, 0.1) is 5.75 Å². The minimum atomic E-state index is -3.24. The van der Waals surface area contributed by atoms with Crippen LogP contribution in [0.3, 0.4) is 0 Å². The number of carbonyl (C=O) groups is 1. The highest BCUT2D eigenvalue weighted by atomic mass is 32.2. The number of unbranched alkanes of at least 4 members (excludes halogenated alkanes) is 1. The lowest BCUT2D eigenvalue weighted by molar-refractivity contribution is -0.118. The molecule has 0 aliphatic heterocycles. The van der Waals surface area contributed by atoms with Crippen LogP contribution in [0, 0.1) is 0 Å². The molecule has 0 aromatic rings. The van der Waals surface area contributed by atoms with E-state index in [2.05, 4.69) is 17.6 Å². The Morgan fingerprint density at radius 2 is 2.00 bits per heavy atom. The van der Waals surface area contributed by atoms with Gasteiger partial charge in [0, 0.05) is 12.1 Å². The third-order valence-electron chi connectivity index (χ3n) is 3.13. The van der Waals surface area contributed by atoms with E-state index in [4.69, 9.17) is 0 Å². The Morgan fingerprint density at radius 3 is 2.56 bits per heavy atom. The molecule has 5 nitrogen and oxygen atoms in total. The average Bonchev–Trinajstić information content (AvgIpc) is 3.06. The summed E-state index contributed by atoms with van der Waals surface area (Å²) in [6.45, 7) is 2.07. The van der Waals surface area contributed by atoms with E-state index in [1.807, 2.05) is 7.05 Å². The first-order chi connectivity index (χ1) is 8.43. The number of rotatable bonds is 9. The zero-order valence-corrected chi connectivity index (χ0v) is 12.1. The van der Waals surface area contributed by atoms with Gasteiger partial charge in [0.1, 0.15) is 5.75 Å². The van der Waals surface area contributed by atoms with E-state index in [1.54, 1.807) is 0 Å². The van der Waals surface area contributed by atoms with Crippen molar-refractivity contribution in [1.29, 1.82) is 0 Å². The fraction of sp³-hybridized carbons (Fsp3) is 0.917. The van der Waals surface area contributed by atoms with Gasteiger partial charge in [-0.3, -0.25) is 4.79 Å². The second-order valence-electron chi connectivity index (χ2n) is 5.12. The Bertz CT molecular complexity index is 364. The summed E-state index contributed by atoms with van der Waals surface area (Å²) < 4.78 is 23.4. The Morgan fingerprint density at radius 1 is 1.33 bits per heavy atom. The van der Waals surface area contributed by atoms with Crippen molar-refractivity contribution in [2.24, 2.45) is 0 Å². The first kappa shape index (κ1) is 15.4. The molecule has 0 saturated heterocycles. The lowest BCUT2D eigenvalue weighted by Gasteiger charge is -2.09. The van der Waals surface area contributed by atoms with Crippen LogP contribution in [-0.2, 0) is 14.6 Å². The summed E-state index contributed by atoms with van der Waals surface area (Å²) in [5, 5.41) is 5.81. The maximum absolute atomic E-state index is 11.7. The molecule has 0 bridgehead atoms. The van der Waals surface area contributed by atoms with E-state index in [1.165, 1.54) is 0 Å². The fourth-order valence-corrected chi connectivity index (χ4v) is 2.96. The summed E-state index contributed by atoms with van der Waals surface area (Å²) in [4.78, 5) is 11.4. The Kier molecular flexibility index (Phi) is 6.08. The molecule has 1 aliphatic rings. The molecule has 1 rings (SSSR count). The van der Waals surface area contributed by atoms with E-state index in [-0.39, 0.29) is 23.5 Å².